The minimum atomic E-state index is -0.927. The number of rotatable bonds is 6. The molecule has 1 amide bonds. The molecular formula is C9H14N2O4. The van der Waals surface area contributed by atoms with E-state index in [1.165, 1.54) is 6.92 Å². The van der Waals surface area contributed by atoms with E-state index >= 15 is 0 Å². The second-order valence-electron chi connectivity index (χ2n) is 3.00. The van der Waals surface area contributed by atoms with Crippen LogP contribution >= 0.6 is 0 Å². The fraction of sp³-hybridized carbons (Fsp3) is 0.444. The van der Waals surface area contributed by atoms with Crippen molar-refractivity contribution in [2.75, 3.05) is 6.54 Å². The third kappa shape index (κ3) is 5.45. The van der Waals surface area contributed by atoms with E-state index in [4.69, 9.17) is 15.6 Å². The maximum atomic E-state index is 11.0. The number of hydrogen-bond donors (Lipinski definition) is 4. The highest BCUT2D eigenvalue weighted by Gasteiger charge is 2.11. The molecule has 0 spiro atoms. The van der Waals surface area contributed by atoms with Crippen LogP contribution in [0.3, 0.4) is 0 Å². The average molecular weight is 214 g/mol. The summed E-state index contributed by atoms with van der Waals surface area (Å²) in [4.78, 5) is 21.4. The quantitative estimate of drug-likeness (QED) is 0.289. The number of carbonyl (C=O) groups is 2. The summed E-state index contributed by atoms with van der Waals surface area (Å²) in [6.07, 6.45) is 2.02. The first kappa shape index (κ1) is 13.2. The topological polar surface area (TPSA) is 110 Å². The number of allylic oxidation sites excluding steroid dienone is 1. The second-order valence-corrected chi connectivity index (χ2v) is 3.00. The molecule has 6 heteroatoms. The lowest BCUT2D eigenvalue weighted by Crippen LogP contribution is -2.28. The molecule has 0 aromatic heterocycles. The van der Waals surface area contributed by atoms with Crippen molar-refractivity contribution in [2.24, 2.45) is 5.92 Å². The Balaban J connectivity index is 3.87. The number of aliphatic hydroxyl groups excluding tert-OH is 1. The van der Waals surface area contributed by atoms with Crippen molar-refractivity contribution in [1.29, 1.82) is 5.41 Å². The van der Waals surface area contributed by atoms with Crippen LogP contribution in [0.25, 0.3) is 0 Å². The van der Waals surface area contributed by atoms with Gasteiger partial charge in [0.1, 0.15) is 0 Å². The standard InChI is InChI=1S/C9H14N2O4/c1-6(9(14)15)3-5-11-8(13)7(12)2-4-10/h2,4,6,10,12H,3,5H2,1H3,(H,11,13)(H,14,15)/b7-2-,10-4?/t6-/m1/s1. The normalized spacial score (nSPS) is 13.0. The zero-order valence-corrected chi connectivity index (χ0v) is 8.36. The van der Waals surface area contributed by atoms with Gasteiger partial charge in [-0.2, -0.15) is 0 Å². The van der Waals surface area contributed by atoms with E-state index in [2.05, 4.69) is 5.32 Å². The van der Waals surface area contributed by atoms with Gasteiger partial charge in [-0.25, -0.2) is 0 Å². The van der Waals surface area contributed by atoms with Gasteiger partial charge in [0, 0.05) is 18.8 Å². The van der Waals surface area contributed by atoms with Crippen LogP contribution in [0.15, 0.2) is 11.8 Å². The Morgan fingerprint density at radius 1 is 1.47 bits per heavy atom. The highest BCUT2D eigenvalue weighted by molar-refractivity contribution is 5.94. The number of carbonyl (C=O) groups excluding carboxylic acids is 1. The van der Waals surface area contributed by atoms with Crippen molar-refractivity contribution in [3.8, 4) is 0 Å². The monoisotopic (exact) mass is 214 g/mol. The SMILES string of the molecule is C[C@H](CCNC(=O)/C(O)=C/C=N)C(=O)O. The number of carboxylic acids is 1. The van der Waals surface area contributed by atoms with E-state index in [0.717, 1.165) is 12.3 Å². The molecular weight excluding hydrogens is 200 g/mol. The minimum absolute atomic E-state index is 0.169. The maximum Gasteiger partial charge on any atom is 0.306 e. The summed E-state index contributed by atoms with van der Waals surface area (Å²) in [6.45, 7) is 1.70. The Bertz CT molecular complexity index is 286. The molecule has 0 aliphatic rings. The number of carboxylic acid groups (broad SMARTS) is 1. The summed E-state index contributed by atoms with van der Waals surface area (Å²) in [5.41, 5.74) is 0. The predicted octanol–water partition coefficient (Wildman–Crippen LogP) is 0.305. The predicted molar refractivity (Wildman–Crippen MR) is 53.9 cm³/mol. The molecule has 6 nitrogen and oxygen atoms in total. The van der Waals surface area contributed by atoms with Crippen molar-refractivity contribution in [3.63, 3.8) is 0 Å². The zero-order valence-electron chi connectivity index (χ0n) is 8.36. The Labute approximate surface area is 87.1 Å². The van der Waals surface area contributed by atoms with Gasteiger partial charge in [0.15, 0.2) is 5.76 Å². The largest absolute Gasteiger partial charge is 0.503 e. The van der Waals surface area contributed by atoms with Gasteiger partial charge in [-0.05, 0) is 6.42 Å². The molecule has 0 saturated carbocycles. The molecule has 15 heavy (non-hydrogen) atoms. The molecule has 0 heterocycles. The van der Waals surface area contributed by atoms with Gasteiger partial charge in [0.25, 0.3) is 5.91 Å². The maximum absolute atomic E-state index is 11.0. The molecule has 84 valence electrons. The molecule has 1 atom stereocenters. The van der Waals surface area contributed by atoms with Gasteiger partial charge >= 0.3 is 5.97 Å². The van der Waals surface area contributed by atoms with Gasteiger partial charge < -0.3 is 20.9 Å². The summed E-state index contributed by atoms with van der Waals surface area (Å²) in [5.74, 6) is -2.74. The summed E-state index contributed by atoms with van der Waals surface area (Å²) in [7, 11) is 0. The van der Waals surface area contributed by atoms with Crippen molar-refractivity contribution in [2.45, 2.75) is 13.3 Å². The minimum Gasteiger partial charge on any atom is -0.503 e. The van der Waals surface area contributed by atoms with Gasteiger partial charge in [-0.1, -0.05) is 6.92 Å². The van der Waals surface area contributed by atoms with Crippen molar-refractivity contribution < 1.29 is 19.8 Å². The third-order valence-corrected chi connectivity index (χ3v) is 1.76. The van der Waals surface area contributed by atoms with Gasteiger partial charge in [0.2, 0.25) is 0 Å². The summed E-state index contributed by atoms with van der Waals surface area (Å²) >= 11 is 0. The molecule has 0 aliphatic heterocycles. The Kier molecular flexibility index (Phi) is 5.77. The molecule has 4 N–H and O–H groups in total. The first-order valence-electron chi connectivity index (χ1n) is 4.39. The lowest BCUT2D eigenvalue weighted by atomic mass is 10.1. The van der Waals surface area contributed by atoms with Crippen molar-refractivity contribution >= 4 is 18.1 Å². The number of amides is 1. The smallest absolute Gasteiger partial charge is 0.306 e. The van der Waals surface area contributed by atoms with Crippen LogP contribution in [0, 0.1) is 11.3 Å². The van der Waals surface area contributed by atoms with Gasteiger partial charge in [-0.3, -0.25) is 9.59 Å². The number of nitrogens with one attached hydrogen (secondary N) is 2. The van der Waals surface area contributed by atoms with E-state index in [1.54, 1.807) is 0 Å². The first-order valence-corrected chi connectivity index (χ1v) is 4.39. The van der Waals surface area contributed by atoms with Crippen LogP contribution in [-0.2, 0) is 9.59 Å². The Morgan fingerprint density at radius 3 is 2.53 bits per heavy atom. The van der Waals surface area contributed by atoms with Crippen LogP contribution < -0.4 is 5.32 Å². The zero-order chi connectivity index (χ0) is 11.8. The van der Waals surface area contributed by atoms with Crippen LogP contribution in [0.4, 0.5) is 0 Å². The summed E-state index contributed by atoms with van der Waals surface area (Å²) in [5, 5.41) is 26.4. The van der Waals surface area contributed by atoms with E-state index in [0.29, 0.717) is 6.42 Å². The first-order chi connectivity index (χ1) is 6.99. The fourth-order valence-corrected chi connectivity index (χ4v) is 0.771. The van der Waals surface area contributed by atoms with E-state index in [9.17, 15) is 9.59 Å². The van der Waals surface area contributed by atoms with Crippen LogP contribution in [-0.4, -0.2) is 34.8 Å². The molecule has 0 unspecified atom stereocenters. The fourth-order valence-electron chi connectivity index (χ4n) is 0.771. The molecule has 0 radical (unpaired) electrons. The van der Waals surface area contributed by atoms with Crippen LogP contribution in [0.1, 0.15) is 13.3 Å². The van der Waals surface area contributed by atoms with Crippen LogP contribution in [0.5, 0.6) is 0 Å². The lowest BCUT2D eigenvalue weighted by molar-refractivity contribution is -0.141. The average Bonchev–Trinajstić information content (AvgIpc) is 2.17. The molecule has 0 aromatic rings. The molecule has 0 bridgehead atoms. The van der Waals surface area contributed by atoms with Crippen LogP contribution in [0.2, 0.25) is 0 Å². The Hall–Kier alpha value is -1.85. The van der Waals surface area contributed by atoms with Gasteiger partial charge in [0.05, 0.1) is 5.92 Å². The van der Waals surface area contributed by atoms with Gasteiger partial charge in [-0.15, -0.1) is 0 Å². The van der Waals surface area contributed by atoms with E-state index < -0.39 is 23.6 Å². The Morgan fingerprint density at radius 2 is 2.07 bits per heavy atom. The summed E-state index contributed by atoms with van der Waals surface area (Å²) in [6, 6.07) is 0. The number of aliphatic carboxylic acids is 1. The highest BCUT2D eigenvalue weighted by Crippen LogP contribution is 1.99. The van der Waals surface area contributed by atoms with E-state index in [1.807, 2.05) is 0 Å². The number of aliphatic hydroxyl groups is 1. The highest BCUT2D eigenvalue weighted by atomic mass is 16.4. The molecule has 0 rings (SSSR count). The summed E-state index contributed by atoms with van der Waals surface area (Å²) < 4.78 is 0. The molecule has 0 aliphatic carbocycles. The second kappa shape index (κ2) is 6.58. The molecule has 0 aromatic carbocycles. The van der Waals surface area contributed by atoms with Crippen molar-refractivity contribution in [3.05, 3.63) is 11.8 Å². The number of hydrogen-bond acceptors (Lipinski definition) is 4. The lowest BCUT2D eigenvalue weighted by Gasteiger charge is -2.06. The van der Waals surface area contributed by atoms with E-state index in [-0.39, 0.29) is 6.54 Å². The van der Waals surface area contributed by atoms with Crippen molar-refractivity contribution in [1.82, 2.24) is 5.32 Å². The third-order valence-electron chi connectivity index (χ3n) is 1.76. The molecule has 0 fully saturated rings. The molecule has 0 saturated heterocycles.